The van der Waals surface area contributed by atoms with Crippen LogP contribution in [0.3, 0.4) is 0 Å². The number of nitriles is 1. The van der Waals surface area contributed by atoms with Crippen molar-refractivity contribution in [3.8, 4) is 6.07 Å². The standard InChI is InChI=1S/C15H15BrN2O3/c16-10-5-6-13(9(7-10)8-17)18-14(19)11-3-1-2-4-12(11)15(20)21/h5-7,11-12H,1-4H2,(H,18,19)(H,20,21). The molecule has 1 aliphatic rings. The summed E-state index contributed by atoms with van der Waals surface area (Å²) in [6.07, 6.45) is 2.79. The maximum atomic E-state index is 12.3. The molecule has 0 radical (unpaired) electrons. The molecule has 1 aromatic rings. The van der Waals surface area contributed by atoms with Gasteiger partial charge < -0.3 is 10.4 Å². The Morgan fingerprint density at radius 2 is 1.95 bits per heavy atom. The number of carbonyl (C=O) groups is 2. The molecule has 6 heteroatoms. The zero-order valence-corrected chi connectivity index (χ0v) is 12.9. The molecule has 1 saturated carbocycles. The van der Waals surface area contributed by atoms with Gasteiger partial charge in [0.2, 0.25) is 5.91 Å². The number of carbonyl (C=O) groups excluding carboxylic acids is 1. The summed E-state index contributed by atoms with van der Waals surface area (Å²) in [6, 6.07) is 7.00. The molecular weight excluding hydrogens is 336 g/mol. The molecule has 1 aliphatic carbocycles. The first kappa shape index (κ1) is 15.5. The molecule has 1 amide bonds. The summed E-state index contributed by atoms with van der Waals surface area (Å²) in [5.74, 6) is -2.42. The highest BCUT2D eigenvalue weighted by Gasteiger charge is 2.35. The van der Waals surface area contributed by atoms with Gasteiger partial charge in [-0.15, -0.1) is 0 Å². The SMILES string of the molecule is N#Cc1cc(Br)ccc1NC(=O)C1CCCCC1C(=O)O. The maximum absolute atomic E-state index is 12.3. The zero-order valence-electron chi connectivity index (χ0n) is 11.3. The quantitative estimate of drug-likeness (QED) is 0.875. The van der Waals surface area contributed by atoms with Gasteiger partial charge in [0.1, 0.15) is 6.07 Å². The van der Waals surface area contributed by atoms with Crippen LogP contribution < -0.4 is 5.32 Å². The molecular formula is C15H15BrN2O3. The minimum atomic E-state index is -0.925. The highest BCUT2D eigenvalue weighted by molar-refractivity contribution is 9.10. The lowest BCUT2D eigenvalue weighted by Crippen LogP contribution is -2.36. The average Bonchev–Trinajstić information content (AvgIpc) is 2.48. The van der Waals surface area contributed by atoms with E-state index in [9.17, 15) is 14.7 Å². The van der Waals surface area contributed by atoms with Gasteiger partial charge in [0, 0.05) is 4.47 Å². The van der Waals surface area contributed by atoms with E-state index in [2.05, 4.69) is 21.2 Å². The van der Waals surface area contributed by atoms with Crippen molar-refractivity contribution in [2.24, 2.45) is 11.8 Å². The second-order valence-corrected chi connectivity index (χ2v) is 6.04. The number of nitrogens with zero attached hydrogens (tertiary/aromatic N) is 1. The number of nitrogens with one attached hydrogen (secondary N) is 1. The lowest BCUT2D eigenvalue weighted by Gasteiger charge is -2.27. The maximum Gasteiger partial charge on any atom is 0.307 e. The number of benzene rings is 1. The summed E-state index contributed by atoms with van der Waals surface area (Å²) in [5, 5.41) is 21.0. The molecule has 2 atom stereocenters. The van der Waals surface area contributed by atoms with Crippen LogP contribution in [0.2, 0.25) is 0 Å². The monoisotopic (exact) mass is 350 g/mol. The van der Waals surface area contributed by atoms with E-state index < -0.39 is 17.8 Å². The fourth-order valence-corrected chi connectivity index (χ4v) is 3.04. The van der Waals surface area contributed by atoms with Crippen LogP contribution in [-0.4, -0.2) is 17.0 Å². The van der Waals surface area contributed by atoms with Crippen molar-refractivity contribution >= 4 is 33.5 Å². The van der Waals surface area contributed by atoms with E-state index in [0.29, 0.717) is 24.1 Å². The fraction of sp³-hybridized carbons (Fsp3) is 0.400. The molecule has 0 aromatic heterocycles. The summed E-state index contributed by atoms with van der Waals surface area (Å²) in [4.78, 5) is 23.6. The van der Waals surface area contributed by atoms with Gasteiger partial charge in [0.25, 0.3) is 0 Å². The van der Waals surface area contributed by atoms with Gasteiger partial charge in [-0.3, -0.25) is 9.59 Å². The predicted octanol–water partition coefficient (Wildman–Crippen LogP) is 3.15. The normalized spacial score (nSPS) is 21.3. The molecule has 0 spiro atoms. The van der Waals surface area contributed by atoms with E-state index in [4.69, 9.17) is 5.26 Å². The lowest BCUT2D eigenvalue weighted by atomic mass is 9.78. The van der Waals surface area contributed by atoms with E-state index in [0.717, 1.165) is 17.3 Å². The topological polar surface area (TPSA) is 90.2 Å². The van der Waals surface area contributed by atoms with Gasteiger partial charge in [-0.1, -0.05) is 28.8 Å². The minimum absolute atomic E-state index is 0.319. The number of hydrogen-bond donors (Lipinski definition) is 2. The van der Waals surface area contributed by atoms with Crippen LogP contribution in [0.4, 0.5) is 5.69 Å². The Kier molecular flexibility index (Phi) is 4.97. The van der Waals surface area contributed by atoms with Crippen molar-refractivity contribution in [3.63, 3.8) is 0 Å². The van der Waals surface area contributed by atoms with Gasteiger partial charge in [0.05, 0.1) is 23.1 Å². The molecule has 0 heterocycles. The molecule has 2 unspecified atom stereocenters. The third kappa shape index (κ3) is 3.61. The number of carboxylic acid groups (broad SMARTS) is 1. The van der Waals surface area contributed by atoms with Crippen molar-refractivity contribution in [3.05, 3.63) is 28.2 Å². The molecule has 1 aromatic carbocycles. The molecule has 2 rings (SSSR count). The first-order valence-electron chi connectivity index (χ1n) is 6.76. The van der Waals surface area contributed by atoms with Crippen molar-refractivity contribution in [1.29, 1.82) is 5.26 Å². The molecule has 5 nitrogen and oxygen atoms in total. The van der Waals surface area contributed by atoms with Gasteiger partial charge >= 0.3 is 5.97 Å². The highest BCUT2D eigenvalue weighted by Crippen LogP contribution is 2.31. The molecule has 0 saturated heterocycles. The van der Waals surface area contributed by atoms with E-state index >= 15 is 0 Å². The number of hydrogen-bond acceptors (Lipinski definition) is 3. The second kappa shape index (κ2) is 6.72. The van der Waals surface area contributed by atoms with Crippen LogP contribution >= 0.6 is 15.9 Å². The third-order valence-corrected chi connectivity index (χ3v) is 4.27. The van der Waals surface area contributed by atoms with E-state index in [1.54, 1.807) is 18.2 Å². The van der Waals surface area contributed by atoms with Crippen LogP contribution in [-0.2, 0) is 9.59 Å². The van der Waals surface area contributed by atoms with Crippen molar-refractivity contribution in [1.82, 2.24) is 0 Å². The van der Waals surface area contributed by atoms with Crippen molar-refractivity contribution in [2.75, 3.05) is 5.32 Å². The fourth-order valence-electron chi connectivity index (χ4n) is 2.68. The van der Waals surface area contributed by atoms with Crippen LogP contribution in [0, 0.1) is 23.2 Å². The lowest BCUT2D eigenvalue weighted by molar-refractivity contribution is -0.147. The van der Waals surface area contributed by atoms with Crippen molar-refractivity contribution in [2.45, 2.75) is 25.7 Å². The first-order chi connectivity index (χ1) is 10.0. The number of rotatable bonds is 3. The number of anilines is 1. The number of aliphatic carboxylic acids is 1. The molecule has 2 N–H and O–H groups in total. The van der Waals surface area contributed by atoms with E-state index in [1.807, 2.05) is 6.07 Å². The Morgan fingerprint density at radius 3 is 2.57 bits per heavy atom. The molecule has 0 bridgehead atoms. The van der Waals surface area contributed by atoms with E-state index in [-0.39, 0.29) is 5.91 Å². The summed E-state index contributed by atoms with van der Waals surface area (Å²) < 4.78 is 0.748. The summed E-state index contributed by atoms with van der Waals surface area (Å²) in [5.41, 5.74) is 0.765. The van der Waals surface area contributed by atoms with Crippen LogP contribution in [0.1, 0.15) is 31.2 Å². The zero-order chi connectivity index (χ0) is 15.4. The Morgan fingerprint density at radius 1 is 1.29 bits per heavy atom. The van der Waals surface area contributed by atoms with Gasteiger partial charge in [0.15, 0.2) is 0 Å². The smallest absolute Gasteiger partial charge is 0.307 e. The van der Waals surface area contributed by atoms with Gasteiger partial charge in [-0.2, -0.15) is 5.26 Å². The van der Waals surface area contributed by atoms with Crippen LogP contribution in [0.5, 0.6) is 0 Å². The summed E-state index contributed by atoms with van der Waals surface area (Å²) in [6.45, 7) is 0. The number of carboxylic acids is 1. The highest BCUT2D eigenvalue weighted by atomic mass is 79.9. The summed E-state index contributed by atoms with van der Waals surface area (Å²) in [7, 11) is 0. The Labute approximate surface area is 131 Å². The Balaban J connectivity index is 2.17. The first-order valence-corrected chi connectivity index (χ1v) is 7.55. The molecule has 1 fully saturated rings. The predicted molar refractivity (Wildman–Crippen MR) is 80.6 cm³/mol. The molecule has 0 aliphatic heterocycles. The molecule has 110 valence electrons. The second-order valence-electron chi connectivity index (χ2n) is 5.13. The molecule has 21 heavy (non-hydrogen) atoms. The number of amides is 1. The Bertz CT molecular complexity index is 609. The third-order valence-electron chi connectivity index (χ3n) is 3.78. The van der Waals surface area contributed by atoms with Crippen LogP contribution in [0.15, 0.2) is 22.7 Å². The minimum Gasteiger partial charge on any atom is -0.481 e. The van der Waals surface area contributed by atoms with Crippen molar-refractivity contribution < 1.29 is 14.7 Å². The Hall–Kier alpha value is -1.87. The largest absolute Gasteiger partial charge is 0.481 e. The van der Waals surface area contributed by atoms with Crippen LogP contribution in [0.25, 0.3) is 0 Å². The summed E-state index contributed by atoms with van der Waals surface area (Å²) >= 11 is 3.27. The number of halogens is 1. The average molecular weight is 351 g/mol. The van der Waals surface area contributed by atoms with Gasteiger partial charge in [-0.05, 0) is 31.0 Å². The van der Waals surface area contributed by atoms with Gasteiger partial charge in [-0.25, -0.2) is 0 Å². The van der Waals surface area contributed by atoms with E-state index in [1.165, 1.54) is 0 Å².